The van der Waals surface area contributed by atoms with Crippen molar-refractivity contribution in [2.75, 3.05) is 6.54 Å². The minimum Gasteiger partial charge on any atom is -0.457 e. The standard InChI is InChI=1S/C16H18BrNO/c1-11-3-4-12(2)16(9-11)19-14-6-5-13(7-8-18)15(17)10-14/h3-6,9-10H,7-8,18H2,1-2H3. The predicted octanol–water partition coefficient (Wildman–Crippen LogP) is 4.36. The smallest absolute Gasteiger partial charge is 0.130 e. The molecule has 0 bridgehead atoms. The van der Waals surface area contributed by atoms with Gasteiger partial charge in [0.1, 0.15) is 11.5 Å². The summed E-state index contributed by atoms with van der Waals surface area (Å²) in [6.45, 7) is 4.76. The van der Waals surface area contributed by atoms with Crippen molar-refractivity contribution in [3.8, 4) is 11.5 Å². The third-order valence-corrected chi connectivity index (χ3v) is 3.75. The number of ether oxygens (including phenoxy) is 1. The van der Waals surface area contributed by atoms with Crippen LogP contribution in [0.1, 0.15) is 16.7 Å². The third-order valence-electron chi connectivity index (χ3n) is 3.01. The van der Waals surface area contributed by atoms with E-state index in [0.29, 0.717) is 6.54 Å². The second-order valence-electron chi connectivity index (χ2n) is 4.66. The molecule has 100 valence electrons. The van der Waals surface area contributed by atoms with Crippen molar-refractivity contribution in [1.82, 2.24) is 0 Å². The van der Waals surface area contributed by atoms with Crippen molar-refractivity contribution >= 4 is 15.9 Å². The Bertz CT molecular complexity index is 581. The number of aryl methyl sites for hydroxylation is 2. The van der Waals surface area contributed by atoms with Crippen molar-refractivity contribution < 1.29 is 4.74 Å². The summed E-state index contributed by atoms with van der Waals surface area (Å²) in [7, 11) is 0. The highest BCUT2D eigenvalue weighted by Crippen LogP contribution is 2.29. The van der Waals surface area contributed by atoms with Gasteiger partial charge in [-0.3, -0.25) is 0 Å². The molecule has 2 aromatic carbocycles. The van der Waals surface area contributed by atoms with Gasteiger partial charge >= 0.3 is 0 Å². The summed E-state index contributed by atoms with van der Waals surface area (Å²) >= 11 is 3.56. The van der Waals surface area contributed by atoms with Crippen LogP contribution in [0.5, 0.6) is 11.5 Å². The Hall–Kier alpha value is -1.32. The average molecular weight is 320 g/mol. The van der Waals surface area contributed by atoms with Gasteiger partial charge in [-0.25, -0.2) is 0 Å². The number of hydrogen-bond acceptors (Lipinski definition) is 2. The normalized spacial score (nSPS) is 10.5. The maximum absolute atomic E-state index is 5.94. The maximum Gasteiger partial charge on any atom is 0.130 e. The Morgan fingerprint density at radius 1 is 1.11 bits per heavy atom. The van der Waals surface area contributed by atoms with Gasteiger partial charge in [0.25, 0.3) is 0 Å². The van der Waals surface area contributed by atoms with E-state index in [1.807, 2.05) is 19.1 Å². The zero-order valence-electron chi connectivity index (χ0n) is 11.2. The minimum atomic E-state index is 0.649. The number of halogens is 1. The summed E-state index contributed by atoms with van der Waals surface area (Å²) in [4.78, 5) is 0. The Morgan fingerprint density at radius 2 is 1.89 bits per heavy atom. The first-order valence-corrected chi connectivity index (χ1v) is 7.13. The molecule has 2 N–H and O–H groups in total. The summed E-state index contributed by atoms with van der Waals surface area (Å²) in [6, 6.07) is 12.2. The van der Waals surface area contributed by atoms with E-state index in [2.05, 4.69) is 47.1 Å². The van der Waals surface area contributed by atoms with E-state index in [1.54, 1.807) is 0 Å². The Balaban J connectivity index is 2.24. The molecule has 3 heteroatoms. The number of hydrogen-bond donors (Lipinski definition) is 1. The minimum absolute atomic E-state index is 0.649. The molecule has 0 saturated carbocycles. The van der Waals surface area contributed by atoms with Crippen LogP contribution in [0.25, 0.3) is 0 Å². The lowest BCUT2D eigenvalue weighted by Crippen LogP contribution is -2.03. The molecule has 19 heavy (non-hydrogen) atoms. The summed E-state index contributed by atoms with van der Waals surface area (Å²) in [5.74, 6) is 1.74. The van der Waals surface area contributed by atoms with Gasteiger partial charge in [-0.2, -0.15) is 0 Å². The van der Waals surface area contributed by atoms with Crippen molar-refractivity contribution in [3.63, 3.8) is 0 Å². The molecule has 0 aliphatic heterocycles. The molecule has 0 aliphatic rings. The summed E-state index contributed by atoms with van der Waals surface area (Å²) in [6.07, 6.45) is 0.865. The predicted molar refractivity (Wildman–Crippen MR) is 82.9 cm³/mol. The largest absolute Gasteiger partial charge is 0.457 e. The van der Waals surface area contributed by atoms with Crippen molar-refractivity contribution in [1.29, 1.82) is 0 Å². The number of rotatable bonds is 4. The Morgan fingerprint density at radius 3 is 2.58 bits per heavy atom. The van der Waals surface area contributed by atoms with Crippen LogP contribution in [0.15, 0.2) is 40.9 Å². The summed E-state index contributed by atoms with van der Waals surface area (Å²) < 4.78 is 6.99. The van der Waals surface area contributed by atoms with E-state index < -0.39 is 0 Å². The lowest BCUT2D eigenvalue weighted by molar-refractivity contribution is 0.478. The zero-order chi connectivity index (χ0) is 13.8. The van der Waals surface area contributed by atoms with Crippen molar-refractivity contribution in [2.45, 2.75) is 20.3 Å². The van der Waals surface area contributed by atoms with Gasteiger partial charge in [0.2, 0.25) is 0 Å². The topological polar surface area (TPSA) is 35.2 Å². The van der Waals surface area contributed by atoms with Crippen LogP contribution in [-0.2, 0) is 6.42 Å². The molecule has 0 aliphatic carbocycles. The molecule has 0 saturated heterocycles. The molecule has 0 amide bonds. The first-order chi connectivity index (χ1) is 9.10. The molecule has 2 nitrogen and oxygen atoms in total. The van der Waals surface area contributed by atoms with Crippen molar-refractivity contribution in [2.24, 2.45) is 5.73 Å². The van der Waals surface area contributed by atoms with E-state index in [4.69, 9.17) is 10.5 Å². The van der Waals surface area contributed by atoms with Gasteiger partial charge < -0.3 is 10.5 Å². The molecule has 0 radical (unpaired) electrons. The van der Waals surface area contributed by atoms with Gasteiger partial charge in [-0.1, -0.05) is 34.1 Å². The van der Waals surface area contributed by atoms with Crippen LogP contribution < -0.4 is 10.5 Å². The fraction of sp³-hybridized carbons (Fsp3) is 0.250. The molecular weight excluding hydrogens is 302 g/mol. The SMILES string of the molecule is Cc1ccc(C)c(Oc2ccc(CCN)c(Br)c2)c1. The van der Waals surface area contributed by atoms with E-state index in [-0.39, 0.29) is 0 Å². The van der Waals surface area contributed by atoms with E-state index in [1.165, 1.54) is 11.1 Å². The zero-order valence-corrected chi connectivity index (χ0v) is 12.8. The lowest BCUT2D eigenvalue weighted by atomic mass is 10.1. The number of benzene rings is 2. The highest BCUT2D eigenvalue weighted by Gasteiger charge is 2.05. The second kappa shape index (κ2) is 6.22. The lowest BCUT2D eigenvalue weighted by Gasteiger charge is -2.11. The molecule has 2 rings (SSSR count). The van der Waals surface area contributed by atoms with Crippen LogP contribution in [-0.4, -0.2) is 6.54 Å². The fourth-order valence-electron chi connectivity index (χ4n) is 1.89. The van der Waals surface area contributed by atoms with Crippen LogP contribution in [0.2, 0.25) is 0 Å². The van der Waals surface area contributed by atoms with E-state index in [9.17, 15) is 0 Å². The first kappa shape index (κ1) is 14.1. The quantitative estimate of drug-likeness (QED) is 0.908. The Kier molecular flexibility index (Phi) is 4.61. The average Bonchev–Trinajstić information content (AvgIpc) is 2.37. The molecule has 0 fully saturated rings. The summed E-state index contributed by atoms with van der Waals surface area (Å²) in [5.41, 5.74) is 9.11. The van der Waals surface area contributed by atoms with Crippen LogP contribution in [0, 0.1) is 13.8 Å². The summed E-state index contributed by atoms with van der Waals surface area (Å²) in [5, 5.41) is 0. The molecule has 0 unspecified atom stereocenters. The van der Waals surface area contributed by atoms with Gasteiger partial charge in [-0.15, -0.1) is 0 Å². The number of nitrogens with two attached hydrogens (primary N) is 1. The molecule has 0 spiro atoms. The molecule has 0 atom stereocenters. The monoisotopic (exact) mass is 319 g/mol. The first-order valence-electron chi connectivity index (χ1n) is 6.34. The second-order valence-corrected chi connectivity index (χ2v) is 5.52. The fourth-order valence-corrected chi connectivity index (χ4v) is 2.45. The van der Waals surface area contributed by atoms with Crippen LogP contribution in [0.3, 0.4) is 0 Å². The van der Waals surface area contributed by atoms with Crippen molar-refractivity contribution in [3.05, 3.63) is 57.6 Å². The van der Waals surface area contributed by atoms with Gasteiger partial charge in [-0.05, 0) is 61.7 Å². The molecule has 0 aromatic heterocycles. The van der Waals surface area contributed by atoms with Gasteiger partial charge in [0.05, 0.1) is 0 Å². The Labute approximate surface area is 122 Å². The van der Waals surface area contributed by atoms with E-state index in [0.717, 1.165) is 28.0 Å². The third kappa shape index (κ3) is 3.58. The highest BCUT2D eigenvalue weighted by atomic mass is 79.9. The molecule has 0 heterocycles. The van der Waals surface area contributed by atoms with Crippen LogP contribution >= 0.6 is 15.9 Å². The maximum atomic E-state index is 5.94. The highest BCUT2D eigenvalue weighted by molar-refractivity contribution is 9.10. The van der Waals surface area contributed by atoms with Gasteiger partial charge in [0, 0.05) is 4.47 Å². The molecular formula is C16H18BrNO. The van der Waals surface area contributed by atoms with E-state index >= 15 is 0 Å². The van der Waals surface area contributed by atoms with Gasteiger partial charge in [0.15, 0.2) is 0 Å². The molecule has 2 aromatic rings. The van der Waals surface area contributed by atoms with Crippen LogP contribution in [0.4, 0.5) is 0 Å².